The number of hydrogen-bond acceptors (Lipinski definition) is 6. The lowest BCUT2D eigenvalue weighted by atomic mass is 10.1. The number of aromatic nitrogens is 3. The molecule has 1 amide bonds. The van der Waals surface area contributed by atoms with Crippen molar-refractivity contribution in [2.45, 2.75) is 0 Å². The van der Waals surface area contributed by atoms with E-state index in [1.807, 2.05) is 23.1 Å². The summed E-state index contributed by atoms with van der Waals surface area (Å²) in [7, 11) is 3.00. The van der Waals surface area contributed by atoms with Gasteiger partial charge in [-0.15, -0.1) is 0 Å². The predicted octanol–water partition coefficient (Wildman–Crippen LogP) is 1.95. The summed E-state index contributed by atoms with van der Waals surface area (Å²) in [4.78, 5) is 36.5. The van der Waals surface area contributed by atoms with E-state index in [4.69, 9.17) is 4.74 Å². The molecular weight excluding hydrogens is 401 g/mol. The van der Waals surface area contributed by atoms with E-state index in [0.29, 0.717) is 37.3 Å². The number of benzene rings is 1. The molecule has 160 valence electrons. The van der Waals surface area contributed by atoms with Gasteiger partial charge in [0.1, 0.15) is 17.8 Å². The standard InChI is InChI=1S/C22H22FN5O3/c1-26-13-16(17(31-2)12-18(26)29)22(30)28-10-8-27(9-11-28)21-19(23)20(24-14-25-21)15-6-4-3-5-7-15/h3-7,12-14H,8-11H2,1-2H3. The topological polar surface area (TPSA) is 80.6 Å². The first-order chi connectivity index (χ1) is 15.0. The SMILES string of the molecule is COc1cc(=O)n(C)cc1C(=O)N1CCN(c2ncnc(-c3ccccc3)c2F)CC1. The van der Waals surface area contributed by atoms with Crippen LogP contribution in [0.5, 0.6) is 5.75 Å². The summed E-state index contributed by atoms with van der Waals surface area (Å²) in [6, 6.07) is 10.4. The van der Waals surface area contributed by atoms with Crippen LogP contribution in [0.25, 0.3) is 11.3 Å². The number of methoxy groups -OCH3 is 1. The van der Waals surface area contributed by atoms with E-state index in [1.54, 1.807) is 24.1 Å². The van der Waals surface area contributed by atoms with Crippen molar-refractivity contribution in [2.75, 3.05) is 38.2 Å². The summed E-state index contributed by atoms with van der Waals surface area (Å²) in [6.07, 6.45) is 2.83. The molecule has 1 fully saturated rings. The van der Waals surface area contributed by atoms with Crippen LogP contribution in [-0.4, -0.2) is 58.6 Å². The van der Waals surface area contributed by atoms with Crippen LogP contribution in [0.3, 0.4) is 0 Å². The molecule has 3 heterocycles. The minimum Gasteiger partial charge on any atom is -0.496 e. The fourth-order valence-electron chi connectivity index (χ4n) is 3.61. The highest BCUT2D eigenvalue weighted by Crippen LogP contribution is 2.27. The molecule has 0 unspecified atom stereocenters. The average Bonchev–Trinajstić information content (AvgIpc) is 2.81. The number of piperazine rings is 1. The molecule has 4 rings (SSSR count). The number of aryl methyl sites for hydroxylation is 1. The van der Waals surface area contributed by atoms with Crippen LogP contribution in [0.15, 0.2) is 53.7 Å². The number of carbonyl (C=O) groups is 1. The van der Waals surface area contributed by atoms with E-state index >= 15 is 4.39 Å². The normalized spacial score (nSPS) is 13.9. The highest BCUT2D eigenvalue weighted by molar-refractivity contribution is 5.96. The minimum atomic E-state index is -0.479. The van der Waals surface area contributed by atoms with Crippen molar-refractivity contribution in [1.29, 1.82) is 0 Å². The number of nitrogens with zero attached hydrogens (tertiary/aromatic N) is 5. The number of amides is 1. The van der Waals surface area contributed by atoms with Crippen LogP contribution >= 0.6 is 0 Å². The number of pyridine rings is 1. The largest absolute Gasteiger partial charge is 0.496 e. The molecule has 0 bridgehead atoms. The summed E-state index contributed by atoms with van der Waals surface area (Å²) in [5.41, 5.74) is 0.989. The maximum atomic E-state index is 15.1. The summed E-state index contributed by atoms with van der Waals surface area (Å²) >= 11 is 0. The first-order valence-corrected chi connectivity index (χ1v) is 9.84. The summed E-state index contributed by atoms with van der Waals surface area (Å²) in [5.74, 6) is -0.251. The zero-order valence-electron chi connectivity index (χ0n) is 17.3. The molecule has 0 aliphatic carbocycles. The first kappa shape index (κ1) is 20.5. The van der Waals surface area contributed by atoms with Crippen LogP contribution < -0.4 is 15.2 Å². The van der Waals surface area contributed by atoms with Crippen molar-refractivity contribution in [3.63, 3.8) is 0 Å². The number of halogens is 1. The Kier molecular flexibility index (Phi) is 5.66. The van der Waals surface area contributed by atoms with E-state index in [0.717, 1.165) is 0 Å². The van der Waals surface area contributed by atoms with Crippen molar-refractivity contribution in [2.24, 2.45) is 7.05 Å². The number of ether oxygens (including phenoxy) is 1. The molecule has 0 saturated carbocycles. The Morgan fingerprint density at radius 3 is 2.48 bits per heavy atom. The molecule has 9 heteroatoms. The highest BCUT2D eigenvalue weighted by Gasteiger charge is 2.27. The van der Waals surface area contributed by atoms with Crippen molar-refractivity contribution >= 4 is 11.7 Å². The van der Waals surface area contributed by atoms with E-state index in [9.17, 15) is 9.59 Å². The lowest BCUT2D eigenvalue weighted by Crippen LogP contribution is -2.49. The van der Waals surface area contributed by atoms with E-state index in [1.165, 1.54) is 30.3 Å². The maximum Gasteiger partial charge on any atom is 0.259 e. The van der Waals surface area contributed by atoms with Crippen LogP contribution in [0, 0.1) is 5.82 Å². The summed E-state index contributed by atoms with van der Waals surface area (Å²) in [6.45, 7) is 1.61. The quantitative estimate of drug-likeness (QED) is 0.638. The number of hydrogen-bond donors (Lipinski definition) is 0. The number of carbonyl (C=O) groups excluding carboxylic acids is 1. The van der Waals surface area contributed by atoms with Gasteiger partial charge in [-0.3, -0.25) is 9.59 Å². The smallest absolute Gasteiger partial charge is 0.259 e. The fourth-order valence-corrected chi connectivity index (χ4v) is 3.61. The van der Waals surface area contributed by atoms with Gasteiger partial charge in [0, 0.05) is 51.1 Å². The van der Waals surface area contributed by atoms with Crippen LogP contribution in [0.1, 0.15) is 10.4 Å². The maximum absolute atomic E-state index is 15.1. The molecular formula is C22H22FN5O3. The van der Waals surface area contributed by atoms with Crippen LogP contribution in [0.4, 0.5) is 10.2 Å². The molecule has 0 N–H and O–H groups in total. The Hall–Kier alpha value is -3.75. The van der Waals surface area contributed by atoms with Crippen LogP contribution in [0.2, 0.25) is 0 Å². The monoisotopic (exact) mass is 423 g/mol. The Bertz CT molecular complexity index is 1160. The van der Waals surface area contributed by atoms with Gasteiger partial charge in [0.15, 0.2) is 11.6 Å². The molecule has 3 aromatic rings. The minimum absolute atomic E-state index is 0.223. The molecule has 31 heavy (non-hydrogen) atoms. The zero-order chi connectivity index (χ0) is 22.0. The molecule has 1 aromatic carbocycles. The third kappa shape index (κ3) is 3.98. The Morgan fingerprint density at radius 1 is 1.10 bits per heavy atom. The Morgan fingerprint density at radius 2 is 1.81 bits per heavy atom. The average molecular weight is 423 g/mol. The van der Waals surface area contributed by atoms with Gasteiger partial charge in [0.05, 0.1) is 12.7 Å². The second kappa shape index (κ2) is 8.55. The fraction of sp³-hybridized carbons (Fsp3) is 0.273. The molecule has 0 atom stereocenters. The van der Waals surface area contributed by atoms with E-state index in [2.05, 4.69) is 9.97 Å². The second-order valence-electron chi connectivity index (χ2n) is 7.21. The zero-order valence-corrected chi connectivity index (χ0v) is 17.3. The van der Waals surface area contributed by atoms with Crippen molar-refractivity contribution < 1.29 is 13.9 Å². The van der Waals surface area contributed by atoms with Gasteiger partial charge in [-0.1, -0.05) is 30.3 Å². The van der Waals surface area contributed by atoms with Gasteiger partial charge in [0.25, 0.3) is 11.5 Å². The molecule has 0 radical (unpaired) electrons. The molecule has 1 aliphatic heterocycles. The summed E-state index contributed by atoms with van der Waals surface area (Å²) < 4.78 is 21.7. The van der Waals surface area contributed by atoms with Gasteiger partial charge >= 0.3 is 0 Å². The molecule has 2 aromatic heterocycles. The van der Waals surface area contributed by atoms with Gasteiger partial charge < -0.3 is 19.1 Å². The second-order valence-corrected chi connectivity index (χ2v) is 7.21. The molecule has 1 aliphatic rings. The van der Waals surface area contributed by atoms with Gasteiger partial charge in [-0.25, -0.2) is 14.4 Å². The molecule has 1 saturated heterocycles. The third-order valence-electron chi connectivity index (χ3n) is 5.33. The van der Waals surface area contributed by atoms with Crippen LogP contribution in [-0.2, 0) is 7.05 Å². The lowest BCUT2D eigenvalue weighted by molar-refractivity contribution is 0.0742. The Labute approximate surface area is 178 Å². The van der Waals surface area contributed by atoms with Crippen molar-refractivity contribution in [3.8, 4) is 17.0 Å². The Balaban J connectivity index is 1.52. The molecule has 8 nitrogen and oxygen atoms in total. The van der Waals surface area contributed by atoms with Crippen molar-refractivity contribution in [3.05, 3.63) is 70.7 Å². The van der Waals surface area contributed by atoms with Gasteiger partial charge in [0.2, 0.25) is 0 Å². The van der Waals surface area contributed by atoms with Gasteiger partial charge in [-0.05, 0) is 0 Å². The highest BCUT2D eigenvalue weighted by atomic mass is 19.1. The van der Waals surface area contributed by atoms with Gasteiger partial charge in [-0.2, -0.15) is 0 Å². The van der Waals surface area contributed by atoms with E-state index < -0.39 is 5.82 Å². The third-order valence-corrected chi connectivity index (χ3v) is 5.33. The number of anilines is 1. The number of rotatable bonds is 4. The van der Waals surface area contributed by atoms with E-state index in [-0.39, 0.29) is 28.7 Å². The predicted molar refractivity (Wildman–Crippen MR) is 114 cm³/mol. The van der Waals surface area contributed by atoms with Crippen molar-refractivity contribution in [1.82, 2.24) is 19.4 Å². The summed E-state index contributed by atoms with van der Waals surface area (Å²) in [5, 5.41) is 0. The first-order valence-electron chi connectivity index (χ1n) is 9.84. The lowest BCUT2D eigenvalue weighted by Gasteiger charge is -2.35. The molecule has 0 spiro atoms.